The second-order valence-electron chi connectivity index (χ2n) is 5.93. The zero-order valence-electron chi connectivity index (χ0n) is 11.8. The fraction of sp³-hybridized carbons (Fsp3) is 0.500. The van der Waals surface area contributed by atoms with Crippen LogP contribution < -0.4 is 5.32 Å². The molecule has 2 heterocycles. The van der Waals surface area contributed by atoms with Crippen LogP contribution in [0, 0.1) is 5.92 Å². The van der Waals surface area contributed by atoms with Crippen molar-refractivity contribution in [1.29, 1.82) is 0 Å². The largest absolute Gasteiger partial charge is 0.378 e. The summed E-state index contributed by atoms with van der Waals surface area (Å²) in [5, 5.41) is 5.37. The van der Waals surface area contributed by atoms with Crippen LogP contribution in [0.1, 0.15) is 25.7 Å². The maximum atomic E-state index is 6.04. The highest BCUT2D eigenvalue weighted by Crippen LogP contribution is 2.36. The second kappa shape index (κ2) is 5.43. The quantitative estimate of drug-likeness (QED) is 0.920. The third-order valence-corrected chi connectivity index (χ3v) is 4.94. The first-order valence-electron chi connectivity index (χ1n) is 7.60. The van der Waals surface area contributed by atoms with Gasteiger partial charge in [0.25, 0.3) is 0 Å². The molecule has 110 valence electrons. The van der Waals surface area contributed by atoms with Crippen molar-refractivity contribution in [1.82, 2.24) is 9.97 Å². The maximum absolute atomic E-state index is 6.04. The molecule has 1 aliphatic heterocycles. The van der Waals surface area contributed by atoms with E-state index in [1.165, 1.54) is 19.3 Å². The first-order valence-corrected chi connectivity index (χ1v) is 7.97. The summed E-state index contributed by atoms with van der Waals surface area (Å²) in [5.41, 5.74) is 0.884. The Morgan fingerprint density at radius 2 is 2.14 bits per heavy atom. The lowest BCUT2D eigenvalue weighted by molar-refractivity contribution is 0.0620. The highest BCUT2D eigenvalue weighted by atomic mass is 35.5. The SMILES string of the molecule is Clc1ccc2c(NC3CCCC4OCCC34)ncnc2c1. The molecule has 1 N–H and O–H groups in total. The highest BCUT2D eigenvalue weighted by Gasteiger charge is 2.37. The summed E-state index contributed by atoms with van der Waals surface area (Å²) < 4.78 is 5.84. The highest BCUT2D eigenvalue weighted by molar-refractivity contribution is 6.31. The van der Waals surface area contributed by atoms with Crippen LogP contribution in [0.15, 0.2) is 24.5 Å². The van der Waals surface area contributed by atoms with E-state index >= 15 is 0 Å². The van der Waals surface area contributed by atoms with Crippen molar-refractivity contribution in [3.8, 4) is 0 Å². The minimum absolute atomic E-state index is 0.429. The number of nitrogens with one attached hydrogen (secondary N) is 1. The Bertz CT molecular complexity index is 663. The number of nitrogens with zero attached hydrogens (tertiary/aromatic N) is 2. The smallest absolute Gasteiger partial charge is 0.137 e. The molecule has 0 radical (unpaired) electrons. The van der Waals surface area contributed by atoms with Crippen molar-refractivity contribution in [2.24, 2.45) is 5.92 Å². The van der Waals surface area contributed by atoms with Gasteiger partial charge >= 0.3 is 0 Å². The lowest BCUT2D eigenvalue weighted by Gasteiger charge is -2.33. The van der Waals surface area contributed by atoms with Crippen LogP contribution in [-0.2, 0) is 4.74 Å². The second-order valence-corrected chi connectivity index (χ2v) is 6.36. The van der Waals surface area contributed by atoms with Crippen molar-refractivity contribution in [3.05, 3.63) is 29.5 Å². The summed E-state index contributed by atoms with van der Waals surface area (Å²) in [7, 11) is 0. The van der Waals surface area contributed by atoms with Gasteiger partial charge in [0.2, 0.25) is 0 Å². The standard InChI is InChI=1S/C16H18ClN3O/c17-10-4-5-12-14(8-10)18-9-19-16(12)20-13-2-1-3-15-11(13)6-7-21-15/h4-5,8-9,11,13,15H,1-3,6-7H2,(H,18,19,20). The molecule has 4 nitrogen and oxygen atoms in total. The maximum Gasteiger partial charge on any atom is 0.137 e. The van der Waals surface area contributed by atoms with Gasteiger partial charge in [0.05, 0.1) is 11.6 Å². The molecule has 2 aromatic rings. The summed E-state index contributed by atoms with van der Waals surface area (Å²) in [6.07, 6.45) is 6.78. The molecule has 21 heavy (non-hydrogen) atoms. The Labute approximate surface area is 128 Å². The monoisotopic (exact) mass is 303 g/mol. The molecule has 2 fully saturated rings. The van der Waals surface area contributed by atoms with Crippen molar-refractivity contribution in [2.45, 2.75) is 37.8 Å². The molecule has 1 aliphatic carbocycles. The number of hydrogen-bond donors (Lipinski definition) is 1. The molecule has 1 aromatic heterocycles. The lowest BCUT2D eigenvalue weighted by Crippen LogP contribution is -2.38. The van der Waals surface area contributed by atoms with E-state index in [0.717, 1.165) is 29.7 Å². The van der Waals surface area contributed by atoms with E-state index in [2.05, 4.69) is 15.3 Å². The summed E-state index contributed by atoms with van der Waals surface area (Å²) in [5.74, 6) is 1.52. The molecule has 1 saturated heterocycles. The summed E-state index contributed by atoms with van der Waals surface area (Å²) in [4.78, 5) is 8.74. The van der Waals surface area contributed by atoms with Gasteiger partial charge in [-0.25, -0.2) is 9.97 Å². The molecule has 1 aromatic carbocycles. The topological polar surface area (TPSA) is 47.0 Å². The zero-order valence-corrected chi connectivity index (χ0v) is 12.5. The van der Waals surface area contributed by atoms with Gasteiger partial charge in [-0.2, -0.15) is 0 Å². The molecular formula is C16H18ClN3O. The number of anilines is 1. The zero-order chi connectivity index (χ0) is 14.2. The van der Waals surface area contributed by atoms with E-state index in [1.807, 2.05) is 18.2 Å². The van der Waals surface area contributed by atoms with Gasteiger partial charge < -0.3 is 10.1 Å². The van der Waals surface area contributed by atoms with Crippen molar-refractivity contribution < 1.29 is 4.74 Å². The number of aromatic nitrogens is 2. The molecule has 3 unspecified atom stereocenters. The van der Waals surface area contributed by atoms with Crippen LogP contribution in [-0.4, -0.2) is 28.7 Å². The number of hydrogen-bond acceptors (Lipinski definition) is 4. The molecule has 2 aliphatic rings. The number of halogens is 1. The fourth-order valence-electron chi connectivity index (χ4n) is 3.68. The van der Waals surface area contributed by atoms with Gasteiger partial charge in [-0.05, 0) is 43.9 Å². The average Bonchev–Trinajstić information content (AvgIpc) is 2.97. The van der Waals surface area contributed by atoms with Gasteiger partial charge in [0, 0.05) is 29.0 Å². The van der Waals surface area contributed by atoms with Crippen LogP contribution in [0.5, 0.6) is 0 Å². The van der Waals surface area contributed by atoms with Crippen LogP contribution in [0.4, 0.5) is 5.82 Å². The molecule has 1 saturated carbocycles. The van der Waals surface area contributed by atoms with Crippen LogP contribution in [0.25, 0.3) is 10.9 Å². The van der Waals surface area contributed by atoms with Gasteiger partial charge in [0.1, 0.15) is 12.1 Å². The van der Waals surface area contributed by atoms with E-state index < -0.39 is 0 Å². The van der Waals surface area contributed by atoms with Gasteiger partial charge in [-0.1, -0.05) is 11.6 Å². The van der Waals surface area contributed by atoms with E-state index in [0.29, 0.717) is 23.1 Å². The van der Waals surface area contributed by atoms with E-state index in [9.17, 15) is 0 Å². The lowest BCUT2D eigenvalue weighted by atomic mass is 9.82. The summed E-state index contributed by atoms with van der Waals surface area (Å²) in [6.45, 7) is 0.896. The average molecular weight is 304 g/mol. The van der Waals surface area contributed by atoms with E-state index in [4.69, 9.17) is 16.3 Å². The number of benzene rings is 1. The Balaban J connectivity index is 1.64. The summed E-state index contributed by atoms with van der Waals surface area (Å²) >= 11 is 6.04. The first kappa shape index (κ1) is 13.3. The predicted molar refractivity (Wildman–Crippen MR) is 83.7 cm³/mol. The molecular weight excluding hydrogens is 286 g/mol. The Morgan fingerprint density at radius 1 is 1.19 bits per heavy atom. The number of rotatable bonds is 2. The Morgan fingerprint density at radius 3 is 3.10 bits per heavy atom. The number of ether oxygens (including phenoxy) is 1. The van der Waals surface area contributed by atoms with Crippen LogP contribution in [0.2, 0.25) is 5.02 Å². The molecule has 3 atom stereocenters. The minimum Gasteiger partial charge on any atom is -0.378 e. The van der Waals surface area contributed by atoms with Gasteiger partial charge in [-0.3, -0.25) is 0 Å². The molecule has 0 amide bonds. The van der Waals surface area contributed by atoms with Crippen molar-refractivity contribution in [3.63, 3.8) is 0 Å². The van der Waals surface area contributed by atoms with Crippen LogP contribution >= 0.6 is 11.6 Å². The summed E-state index contributed by atoms with van der Waals surface area (Å²) in [6, 6.07) is 6.21. The third kappa shape index (κ3) is 2.47. The van der Waals surface area contributed by atoms with Crippen molar-refractivity contribution in [2.75, 3.05) is 11.9 Å². The van der Waals surface area contributed by atoms with Crippen molar-refractivity contribution >= 4 is 28.3 Å². The van der Waals surface area contributed by atoms with E-state index in [1.54, 1.807) is 6.33 Å². The molecule has 0 spiro atoms. The van der Waals surface area contributed by atoms with Gasteiger partial charge in [-0.15, -0.1) is 0 Å². The molecule has 0 bridgehead atoms. The Kier molecular flexibility index (Phi) is 3.43. The Hall–Kier alpha value is -1.39. The molecule has 5 heteroatoms. The normalized spacial score (nSPS) is 28.5. The minimum atomic E-state index is 0.429. The predicted octanol–water partition coefficient (Wildman–Crippen LogP) is 3.65. The number of fused-ring (bicyclic) bond motifs is 2. The molecule has 4 rings (SSSR count). The first-order chi connectivity index (χ1) is 10.3. The van der Waals surface area contributed by atoms with E-state index in [-0.39, 0.29) is 0 Å². The van der Waals surface area contributed by atoms with Gasteiger partial charge in [0.15, 0.2) is 0 Å². The van der Waals surface area contributed by atoms with Crippen LogP contribution in [0.3, 0.4) is 0 Å². The third-order valence-electron chi connectivity index (χ3n) is 4.70. The fourth-order valence-corrected chi connectivity index (χ4v) is 3.84.